The van der Waals surface area contributed by atoms with Crippen molar-refractivity contribution in [3.05, 3.63) is 42.2 Å². The number of hydrogen-bond acceptors (Lipinski definition) is 6. The molecule has 1 aliphatic heterocycles. The number of nitrogens with zero attached hydrogens (tertiary/aromatic N) is 2. The van der Waals surface area contributed by atoms with Crippen molar-refractivity contribution >= 4 is 5.91 Å². The quantitative estimate of drug-likeness (QED) is 0.659. The minimum Gasteiger partial charge on any atom is -0.490 e. The highest BCUT2D eigenvalue weighted by molar-refractivity contribution is 5.96. The van der Waals surface area contributed by atoms with Crippen molar-refractivity contribution in [3.8, 4) is 23.0 Å². The van der Waals surface area contributed by atoms with Gasteiger partial charge in [-0.15, -0.1) is 0 Å². The maximum Gasteiger partial charge on any atom is 0.254 e. The Hall–Kier alpha value is -2.96. The summed E-state index contributed by atoms with van der Waals surface area (Å²) in [4.78, 5) is 18.7. The molecule has 0 radical (unpaired) electrons. The van der Waals surface area contributed by atoms with Crippen LogP contribution in [-0.4, -0.2) is 54.8 Å². The number of hydrogen-bond donors (Lipinski definition) is 0. The van der Waals surface area contributed by atoms with Crippen molar-refractivity contribution in [2.75, 3.05) is 32.9 Å². The van der Waals surface area contributed by atoms with Crippen LogP contribution >= 0.6 is 0 Å². The average molecular weight is 386 g/mol. The SMILES string of the molecule is CCOc1cc(C(=O)N2CC(Oc3cccnc3)C2)cc(OCC)c1OCC. The van der Waals surface area contributed by atoms with Crippen LogP contribution in [0.25, 0.3) is 0 Å². The second-order valence-electron chi connectivity index (χ2n) is 6.24. The molecule has 2 heterocycles. The third kappa shape index (κ3) is 4.47. The molecule has 0 atom stereocenters. The number of benzene rings is 1. The zero-order valence-electron chi connectivity index (χ0n) is 16.5. The Kier molecular flexibility index (Phi) is 6.57. The first-order valence-corrected chi connectivity index (χ1v) is 9.58. The highest BCUT2D eigenvalue weighted by Gasteiger charge is 2.33. The van der Waals surface area contributed by atoms with Gasteiger partial charge in [-0.25, -0.2) is 0 Å². The molecule has 0 bridgehead atoms. The minimum absolute atomic E-state index is 0.0337. The van der Waals surface area contributed by atoms with E-state index >= 15 is 0 Å². The first-order valence-electron chi connectivity index (χ1n) is 9.58. The Bertz CT molecular complexity index is 764. The Morgan fingerprint density at radius 1 is 1.07 bits per heavy atom. The molecule has 1 aromatic heterocycles. The van der Waals surface area contributed by atoms with Gasteiger partial charge in [0.05, 0.1) is 39.1 Å². The zero-order valence-corrected chi connectivity index (χ0v) is 16.5. The third-order valence-electron chi connectivity index (χ3n) is 4.23. The maximum absolute atomic E-state index is 12.9. The van der Waals surface area contributed by atoms with Crippen LogP contribution < -0.4 is 18.9 Å². The van der Waals surface area contributed by atoms with Crippen LogP contribution in [0.2, 0.25) is 0 Å². The molecule has 1 aromatic carbocycles. The van der Waals surface area contributed by atoms with Gasteiger partial charge in [0.15, 0.2) is 11.5 Å². The summed E-state index contributed by atoms with van der Waals surface area (Å²) in [6, 6.07) is 7.11. The van der Waals surface area contributed by atoms with E-state index in [2.05, 4.69) is 4.98 Å². The Balaban J connectivity index is 1.72. The highest BCUT2D eigenvalue weighted by Crippen LogP contribution is 2.39. The molecule has 3 rings (SSSR count). The molecule has 150 valence electrons. The molecule has 1 fully saturated rings. The van der Waals surface area contributed by atoms with Gasteiger partial charge in [0.1, 0.15) is 11.9 Å². The van der Waals surface area contributed by atoms with Gasteiger partial charge in [-0.1, -0.05) is 0 Å². The molecule has 0 unspecified atom stereocenters. The van der Waals surface area contributed by atoms with Gasteiger partial charge >= 0.3 is 0 Å². The summed E-state index contributed by atoms with van der Waals surface area (Å²) in [5.41, 5.74) is 0.509. The van der Waals surface area contributed by atoms with Gasteiger partial charge in [-0.2, -0.15) is 0 Å². The van der Waals surface area contributed by atoms with E-state index in [4.69, 9.17) is 18.9 Å². The summed E-state index contributed by atoms with van der Waals surface area (Å²) < 4.78 is 22.9. The summed E-state index contributed by atoms with van der Waals surface area (Å²) in [6.45, 7) is 8.13. The molecule has 1 amide bonds. The first kappa shape index (κ1) is 19.8. The lowest BCUT2D eigenvalue weighted by atomic mass is 10.1. The van der Waals surface area contributed by atoms with Crippen LogP contribution in [0.4, 0.5) is 0 Å². The predicted octanol–water partition coefficient (Wildman–Crippen LogP) is 3.18. The molecule has 1 saturated heterocycles. The van der Waals surface area contributed by atoms with Crippen molar-refractivity contribution in [1.29, 1.82) is 0 Å². The third-order valence-corrected chi connectivity index (χ3v) is 4.23. The summed E-state index contributed by atoms with van der Waals surface area (Å²) >= 11 is 0. The number of aromatic nitrogens is 1. The fraction of sp³-hybridized carbons (Fsp3) is 0.429. The number of likely N-dealkylation sites (tertiary alicyclic amines) is 1. The molecule has 0 N–H and O–H groups in total. The van der Waals surface area contributed by atoms with Crippen LogP contribution in [-0.2, 0) is 0 Å². The van der Waals surface area contributed by atoms with E-state index in [1.54, 1.807) is 29.4 Å². The van der Waals surface area contributed by atoms with E-state index in [1.807, 2.05) is 32.9 Å². The monoisotopic (exact) mass is 386 g/mol. The minimum atomic E-state index is -0.0870. The van der Waals surface area contributed by atoms with Gasteiger partial charge < -0.3 is 23.8 Å². The lowest BCUT2D eigenvalue weighted by molar-refractivity contribution is 0.0176. The predicted molar refractivity (Wildman–Crippen MR) is 105 cm³/mol. The summed E-state index contributed by atoms with van der Waals surface area (Å²) in [7, 11) is 0. The molecule has 0 saturated carbocycles. The van der Waals surface area contributed by atoms with Gasteiger partial charge in [-0.3, -0.25) is 9.78 Å². The molecule has 0 spiro atoms. The number of carbonyl (C=O) groups is 1. The second-order valence-corrected chi connectivity index (χ2v) is 6.24. The lowest BCUT2D eigenvalue weighted by Crippen LogP contribution is -2.56. The van der Waals surface area contributed by atoms with E-state index in [9.17, 15) is 4.79 Å². The lowest BCUT2D eigenvalue weighted by Gasteiger charge is -2.39. The fourth-order valence-corrected chi connectivity index (χ4v) is 2.98. The normalized spacial score (nSPS) is 13.6. The average Bonchev–Trinajstić information content (AvgIpc) is 2.67. The number of pyridine rings is 1. The number of carbonyl (C=O) groups excluding carboxylic acids is 1. The summed E-state index contributed by atoms with van der Waals surface area (Å²) in [5.74, 6) is 2.18. The molecule has 7 heteroatoms. The summed E-state index contributed by atoms with van der Waals surface area (Å²) in [5, 5.41) is 0. The van der Waals surface area contributed by atoms with Crippen molar-refractivity contribution in [3.63, 3.8) is 0 Å². The molecular weight excluding hydrogens is 360 g/mol. The molecule has 1 aliphatic rings. The second kappa shape index (κ2) is 9.30. The van der Waals surface area contributed by atoms with Crippen LogP contribution in [0, 0.1) is 0 Å². The van der Waals surface area contributed by atoms with Gasteiger partial charge in [0, 0.05) is 11.8 Å². The van der Waals surface area contributed by atoms with E-state index in [0.717, 1.165) is 0 Å². The van der Waals surface area contributed by atoms with Crippen molar-refractivity contribution in [2.24, 2.45) is 0 Å². The Labute approximate surface area is 165 Å². The molecule has 7 nitrogen and oxygen atoms in total. The number of ether oxygens (including phenoxy) is 4. The van der Waals surface area contributed by atoms with Crippen molar-refractivity contribution in [1.82, 2.24) is 9.88 Å². The number of rotatable bonds is 9. The van der Waals surface area contributed by atoms with Crippen molar-refractivity contribution < 1.29 is 23.7 Å². The maximum atomic E-state index is 12.9. The highest BCUT2D eigenvalue weighted by atomic mass is 16.5. The van der Waals surface area contributed by atoms with E-state index < -0.39 is 0 Å². The van der Waals surface area contributed by atoms with E-state index in [0.29, 0.717) is 61.5 Å². The van der Waals surface area contributed by atoms with Gasteiger partial charge in [0.25, 0.3) is 5.91 Å². The number of amides is 1. The Morgan fingerprint density at radius 3 is 2.25 bits per heavy atom. The van der Waals surface area contributed by atoms with Crippen LogP contribution in [0.3, 0.4) is 0 Å². The van der Waals surface area contributed by atoms with Crippen molar-refractivity contribution in [2.45, 2.75) is 26.9 Å². The molecular formula is C21H26N2O5. The van der Waals surface area contributed by atoms with Crippen LogP contribution in [0.5, 0.6) is 23.0 Å². The fourth-order valence-electron chi connectivity index (χ4n) is 2.98. The van der Waals surface area contributed by atoms with E-state index in [-0.39, 0.29) is 12.0 Å². The zero-order chi connectivity index (χ0) is 19.9. The van der Waals surface area contributed by atoms with Gasteiger partial charge in [0.2, 0.25) is 5.75 Å². The van der Waals surface area contributed by atoms with Crippen LogP contribution in [0.1, 0.15) is 31.1 Å². The smallest absolute Gasteiger partial charge is 0.254 e. The summed E-state index contributed by atoms with van der Waals surface area (Å²) in [6.07, 6.45) is 3.33. The standard InChI is InChI=1S/C21H26N2O5/c1-4-25-18-10-15(11-19(26-5-2)20(18)27-6-3)21(24)23-13-17(14-23)28-16-8-7-9-22-12-16/h7-12,17H,4-6,13-14H2,1-3H3. The molecule has 28 heavy (non-hydrogen) atoms. The van der Waals surface area contributed by atoms with E-state index in [1.165, 1.54) is 0 Å². The molecule has 2 aromatic rings. The first-order chi connectivity index (χ1) is 13.7. The Morgan fingerprint density at radius 2 is 1.71 bits per heavy atom. The largest absolute Gasteiger partial charge is 0.490 e. The molecule has 0 aliphatic carbocycles. The van der Waals surface area contributed by atoms with Crippen LogP contribution in [0.15, 0.2) is 36.7 Å². The van der Waals surface area contributed by atoms with Gasteiger partial charge in [-0.05, 0) is 45.0 Å². The topological polar surface area (TPSA) is 70.1 Å².